The second-order valence-electron chi connectivity index (χ2n) is 4.43. The molecule has 0 fully saturated rings. The SMILES string of the molecule is C=C(C)COC(C)OC(CC)[Si](C)(C)Cl. The number of hydrogen-bond acceptors (Lipinski definition) is 2. The Morgan fingerprint density at radius 3 is 2.33 bits per heavy atom. The van der Waals surface area contributed by atoms with Crippen LogP contribution in [0.5, 0.6) is 0 Å². The summed E-state index contributed by atoms with van der Waals surface area (Å²) < 4.78 is 11.3. The summed E-state index contributed by atoms with van der Waals surface area (Å²) in [4.78, 5) is 0. The zero-order chi connectivity index (χ0) is 12.1. The largest absolute Gasteiger partial charge is 0.352 e. The van der Waals surface area contributed by atoms with Gasteiger partial charge in [-0.1, -0.05) is 32.2 Å². The van der Waals surface area contributed by atoms with Crippen molar-refractivity contribution in [1.82, 2.24) is 0 Å². The van der Waals surface area contributed by atoms with Gasteiger partial charge in [-0.3, -0.25) is 0 Å². The molecule has 0 rings (SSSR count). The van der Waals surface area contributed by atoms with Crippen LogP contribution >= 0.6 is 11.1 Å². The van der Waals surface area contributed by atoms with Crippen LogP contribution in [0.1, 0.15) is 27.2 Å². The minimum atomic E-state index is -1.76. The van der Waals surface area contributed by atoms with E-state index < -0.39 is 7.38 Å². The van der Waals surface area contributed by atoms with Gasteiger partial charge < -0.3 is 9.47 Å². The summed E-state index contributed by atoms with van der Waals surface area (Å²) in [6.07, 6.45) is 0.723. The Kier molecular flexibility index (Phi) is 6.76. The van der Waals surface area contributed by atoms with Crippen molar-refractivity contribution in [2.75, 3.05) is 6.61 Å². The molecule has 2 nitrogen and oxygen atoms in total. The van der Waals surface area contributed by atoms with Crippen molar-refractivity contribution < 1.29 is 9.47 Å². The second-order valence-corrected chi connectivity index (χ2v) is 11.1. The Hall–Kier alpha value is 0.167. The standard InChI is InChI=1S/C11H23ClO2Si/c1-7-11(15(5,6)12)14-10(4)13-8-9(2)3/h10-11H,2,7-8H2,1,3-6H3. The molecule has 90 valence electrons. The first-order valence-corrected chi connectivity index (χ1v) is 9.46. The summed E-state index contributed by atoms with van der Waals surface area (Å²) in [7, 11) is -1.76. The van der Waals surface area contributed by atoms with E-state index in [-0.39, 0.29) is 12.0 Å². The predicted octanol–water partition coefficient (Wildman–Crippen LogP) is 3.70. The van der Waals surface area contributed by atoms with E-state index in [1.54, 1.807) is 0 Å². The molecule has 15 heavy (non-hydrogen) atoms. The number of ether oxygens (including phenoxy) is 2. The van der Waals surface area contributed by atoms with E-state index >= 15 is 0 Å². The molecule has 0 N–H and O–H groups in total. The Morgan fingerprint density at radius 1 is 1.47 bits per heavy atom. The van der Waals surface area contributed by atoms with Crippen LogP contribution in [0.25, 0.3) is 0 Å². The zero-order valence-corrected chi connectivity index (χ0v) is 12.2. The Labute approximate surface area is 99.3 Å². The minimum Gasteiger partial charge on any atom is -0.352 e. The van der Waals surface area contributed by atoms with Gasteiger partial charge in [0.15, 0.2) is 13.7 Å². The monoisotopic (exact) mass is 250 g/mol. The lowest BCUT2D eigenvalue weighted by Gasteiger charge is -2.28. The molecular weight excluding hydrogens is 228 g/mol. The topological polar surface area (TPSA) is 18.5 Å². The van der Waals surface area contributed by atoms with Gasteiger partial charge in [-0.25, -0.2) is 0 Å². The summed E-state index contributed by atoms with van der Waals surface area (Å²) in [5, 5.41) is 0. The fraction of sp³-hybridized carbons (Fsp3) is 0.818. The van der Waals surface area contributed by atoms with Gasteiger partial charge in [0.05, 0.1) is 12.3 Å². The van der Waals surface area contributed by atoms with E-state index in [1.165, 1.54) is 0 Å². The Bertz CT molecular complexity index is 201. The number of halogens is 1. The molecule has 0 heterocycles. The number of hydrogen-bond donors (Lipinski definition) is 0. The lowest BCUT2D eigenvalue weighted by Crippen LogP contribution is -2.40. The second kappa shape index (κ2) is 6.69. The van der Waals surface area contributed by atoms with Gasteiger partial charge in [0, 0.05) is 0 Å². The minimum absolute atomic E-state index is 0.138. The first-order chi connectivity index (χ1) is 6.77. The predicted molar refractivity (Wildman–Crippen MR) is 68.7 cm³/mol. The van der Waals surface area contributed by atoms with E-state index in [9.17, 15) is 0 Å². The van der Waals surface area contributed by atoms with Crippen molar-refractivity contribution >= 4 is 18.5 Å². The van der Waals surface area contributed by atoms with E-state index in [1.807, 2.05) is 13.8 Å². The van der Waals surface area contributed by atoms with E-state index in [0.717, 1.165) is 12.0 Å². The first-order valence-electron chi connectivity index (χ1n) is 5.37. The molecule has 0 aliphatic heterocycles. The van der Waals surface area contributed by atoms with Crippen LogP contribution in [-0.2, 0) is 9.47 Å². The molecular formula is C11H23ClO2Si. The van der Waals surface area contributed by atoms with Crippen LogP contribution in [0.4, 0.5) is 0 Å². The van der Waals surface area contributed by atoms with Crippen LogP contribution in [0.15, 0.2) is 12.2 Å². The quantitative estimate of drug-likeness (QED) is 0.297. The van der Waals surface area contributed by atoms with Crippen LogP contribution < -0.4 is 0 Å². The van der Waals surface area contributed by atoms with Crippen LogP contribution in [0.2, 0.25) is 13.1 Å². The van der Waals surface area contributed by atoms with Crippen molar-refractivity contribution in [3.8, 4) is 0 Å². The normalized spacial score (nSPS) is 16.1. The first kappa shape index (κ1) is 15.2. The fourth-order valence-electron chi connectivity index (χ4n) is 1.27. The van der Waals surface area contributed by atoms with Crippen LogP contribution in [-0.4, -0.2) is 26.0 Å². The lowest BCUT2D eigenvalue weighted by atomic mass is 10.4. The molecule has 0 aromatic heterocycles. The fourth-order valence-corrected chi connectivity index (χ4v) is 3.38. The highest BCUT2D eigenvalue weighted by Gasteiger charge is 2.30. The molecule has 2 atom stereocenters. The summed E-state index contributed by atoms with van der Waals surface area (Å²) in [6, 6.07) is 0. The van der Waals surface area contributed by atoms with Gasteiger partial charge in [0.2, 0.25) is 0 Å². The average Bonchev–Trinajstić information content (AvgIpc) is 2.08. The zero-order valence-electron chi connectivity index (χ0n) is 10.5. The average molecular weight is 251 g/mol. The molecule has 0 saturated heterocycles. The van der Waals surface area contributed by atoms with Gasteiger partial charge in [-0.15, -0.1) is 0 Å². The summed E-state index contributed by atoms with van der Waals surface area (Å²) in [5.74, 6) is 0. The van der Waals surface area contributed by atoms with E-state index in [4.69, 9.17) is 20.6 Å². The molecule has 0 bridgehead atoms. The van der Waals surface area contributed by atoms with Gasteiger partial charge in [-0.2, -0.15) is 11.1 Å². The van der Waals surface area contributed by atoms with Gasteiger partial charge >= 0.3 is 0 Å². The van der Waals surface area contributed by atoms with Gasteiger partial charge in [-0.05, 0) is 20.3 Å². The Morgan fingerprint density at radius 2 is 2.00 bits per heavy atom. The van der Waals surface area contributed by atoms with Crippen molar-refractivity contribution in [2.24, 2.45) is 0 Å². The highest BCUT2D eigenvalue weighted by Crippen LogP contribution is 2.21. The third-order valence-electron chi connectivity index (χ3n) is 2.06. The summed E-state index contributed by atoms with van der Waals surface area (Å²) in [5.41, 5.74) is 1.14. The molecule has 0 aliphatic rings. The van der Waals surface area contributed by atoms with Gasteiger partial charge in [0.1, 0.15) is 0 Å². The maximum atomic E-state index is 6.35. The highest BCUT2D eigenvalue weighted by molar-refractivity contribution is 7.19. The summed E-state index contributed by atoms with van der Waals surface area (Å²) >= 11 is 6.35. The highest BCUT2D eigenvalue weighted by atomic mass is 35.6. The molecule has 0 spiro atoms. The molecule has 0 saturated carbocycles. The lowest BCUT2D eigenvalue weighted by molar-refractivity contribution is -0.137. The molecule has 4 heteroatoms. The van der Waals surface area contributed by atoms with Crippen LogP contribution in [0, 0.1) is 0 Å². The Balaban J connectivity index is 4.02. The van der Waals surface area contributed by atoms with Crippen molar-refractivity contribution in [3.63, 3.8) is 0 Å². The smallest absolute Gasteiger partial charge is 0.180 e. The van der Waals surface area contributed by atoms with E-state index in [2.05, 4.69) is 26.6 Å². The van der Waals surface area contributed by atoms with Crippen LogP contribution in [0.3, 0.4) is 0 Å². The molecule has 0 radical (unpaired) electrons. The molecule has 0 aromatic carbocycles. The van der Waals surface area contributed by atoms with Crippen molar-refractivity contribution in [3.05, 3.63) is 12.2 Å². The molecule has 0 aromatic rings. The molecule has 0 aliphatic carbocycles. The number of rotatable bonds is 7. The maximum Gasteiger partial charge on any atom is 0.180 e. The van der Waals surface area contributed by atoms with Crippen molar-refractivity contribution in [1.29, 1.82) is 0 Å². The third-order valence-corrected chi connectivity index (χ3v) is 4.86. The summed E-state index contributed by atoms with van der Waals surface area (Å²) in [6.45, 7) is 14.4. The molecule has 0 amide bonds. The van der Waals surface area contributed by atoms with E-state index in [0.29, 0.717) is 6.61 Å². The third kappa shape index (κ3) is 7.12. The van der Waals surface area contributed by atoms with Gasteiger partial charge in [0.25, 0.3) is 0 Å². The maximum absolute atomic E-state index is 6.35. The van der Waals surface area contributed by atoms with Crippen molar-refractivity contribution in [2.45, 2.75) is 52.3 Å². The molecule has 2 unspecified atom stereocenters.